The molecule has 0 N–H and O–H groups in total. The standard InChI is InChI=1S/C24H20BrN3O4S/c1-3-12-27-23(29)22(33-24(27)26-16-6-4-15(2)5-7-16)14-18-9-11-21(32-18)19-10-8-17(28(30)31)13-20(19)25/h4-11,13-14H,3,12H2,1-2H3/b22-14+,26-24?. The van der Waals surface area contributed by atoms with E-state index in [1.165, 1.54) is 23.9 Å². The third-order valence-electron chi connectivity index (χ3n) is 4.92. The van der Waals surface area contributed by atoms with Crippen LogP contribution in [0.15, 0.2) is 73.4 Å². The Labute approximate surface area is 203 Å². The highest BCUT2D eigenvalue weighted by Crippen LogP contribution is 2.36. The second-order valence-corrected chi connectivity index (χ2v) is 9.28. The molecule has 0 spiro atoms. The van der Waals surface area contributed by atoms with Crippen molar-refractivity contribution in [2.45, 2.75) is 20.3 Å². The van der Waals surface area contributed by atoms with Crippen LogP contribution in [0.4, 0.5) is 11.4 Å². The van der Waals surface area contributed by atoms with Crippen LogP contribution in [-0.2, 0) is 4.79 Å². The summed E-state index contributed by atoms with van der Waals surface area (Å²) < 4.78 is 6.48. The number of amides is 1. The quantitative estimate of drug-likeness (QED) is 0.197. The first-order valence-electron chi connectivity index (χ1n) is 10.3. The summed E-state index contributed by atoms with van der Waals surface area (Å²) in [5.41, 5.74) is 2.61. The van der Waals surface area contributed by atoms with Crippen molar-refractivity contribution in [1.82, 2.24) is 4.90 Å². The van der Waals surface area contributed by atoms with Crippen molar-refractivity contribution in [3.8, 4) is 11.3 Å². The Kier molecular flexibility index (Phi) is 6.80. The third kappa shape index (κ3) is 5.09. The third-order valence-corrected chi connectivity index (χ3v) is 6.59. The molecule has 0 saturated carbocycles. The molecular formula is C24H20BrN3O4S. The van der Waals surface area contributed by atoms with Gasteiger partial charge in [0.25, 0.3) is 11.6 Å². The molecule has 1 aliphatic heterocycles. The maximum atomic E-state index is 13.0. The van der Waals surface area contributed by atoms with Crippen LogP contribution in [0.5, 0.6) is 0 Å². The molecule has 9 heteroatoms. The Morgan fingerprint density at radius 2 is 1.94 bits per heavy atom. The van der Waals surface area contributed by atoms with E-state index in [1.54, 1.807) is 29.2 Å². The minimum Gasteiger partial charge on any atom is -0.457 e. The lowest BCUT2D eigenvalue weighted by molar-refractivity contribution is -0.384. The summed E-state index contributed by atoms with van der Waals surface area (Å²) in [4.78, 5) is 30.4. The van der Waals surface area contributed by atoms with Gasteiger partial charge in [0.1, 0.15) is 11.5 Å². The molecule has 0 unspecified atom stereocenters. The summed E-state index contributed by atoms with van der Waals surface area (Å²) in [5, 5.41) is 11.6. The largest absolute Gasteiger partial charge is 0.457 e. The Balaban J connectivity index is 1.61. The van der Waals surface area contributed by atoms with E-state index in [-0.39, 0.29) is 11.6 Å². The van der Waals surface area contributed by atoms with Gasteiger partial charge in [-0.05, 0) is 71.4 Å². The highest BCUT2D eigenvalue weighted by Gasteiger charge is 2.33. The number of halogens is 1. The van der Waals surface area contributed by atoms with Gasteiger partial charge in [0, 0.05) is 34.8 Å². The van der Waals surface area contributed by atoms with Crippen molar-refractivity contribution in [2.24, 2.45) is 4.99 Å². The van der Waals surface area contributed by atoms with E-state index in [2.05, 4.69) is 20.9 Å². The summed E-state index contributed by atoms with van der Waals surface area (Å²) in [6, 6.07) is 15.9. The molecule has 1 fully saturated rings. The van der Waals surface area contributed by atoms with Crippen LogP contribution in [0.25, 0.3) is 17.4 Å². The molecule has 1 aromatic heterocycles. The number of aryl methyl sites for hydroxylation is 1. The average Bonchev–Trinajstić information content (AvgIpc) is 3.36. The maximum absolute atomic E-state index is 13.0. The second kappa shape index (κ2) is 9.76. The fraction of sp³-hybridized carbons (Fsp3) is 0.167. The predicted molar refractivity (Wildman–Crippen MR) is 134 cm³/mol. The summed E-state index contributed by atoms with van der Waals surface area (Å²) in [5.74, 6) is 0.944. The number of furan rings is 1. The van der Waals surface area contributed by atoms with Crippen LogP contribution in [0.1, 0.15) is 24.7 Å². The number of rotatable bonds is 6. The number of carbonyl (C=O) groups is 1. The van der Waals surface area contributed by atoms with Gasteiger partial charge >= 0.3 is 0 Å². The number of amidine groups is 1. The topological polar surface area (TPSA) is 89.0 Å². The van der Waals surface area contributed by atoms with Crippen LogP contribution in [0, 0.1) is 17.0 Å². The van der Waals surface area contributed by atoms with E-state index in [1.807, 2.05) is 38.1 Å². The minimum absolute atomic E-state index is 0.0103. The van der Waals surface area contributed by atoms with E-state index < -0.39 is 4.92 Å². The van der Waals surface area contributed by atoms with Crippen LogP contribution in [0.3, 0.4) is 0 Å². The monoisotopic (exact) mass is 525 g/mol. The molecule has 3 aromatic rings. The summed E-state index contributed by atoms with van der Waals surface area (Å²) in [6.45, 7) is 4.61. The van der Waals surface area contributed by atoms with Gasteiger partial charge in [-0.1, -0.05) is 24.6 Å². The number of non-ortho nitro benzene ring substituents is 1. The van der Waals surface area contributed by atoms with Crippen LogP contribution >= 0.6 is 27.7 Å². The molecule has 0 aliphatic carbocycles. The molecule has 0 atom stereocenters. The van der Waals surface area contributed by atoms with E-state index in [4.69, 9.17) is 4.42 Å². The summed E-state index contributed by atoms with van der Waals surface area (Å²) >= 11 is 4.68. The number of nitro groups is 1. The van der Waals surface area contributed by atoms with E-state index in [9.17, 15) is 14.9 Å². The molecule has 7 nitrogen and oxygen atoms in total. The molecule has 2 heterocycles. The van der Waals surface area contributed by atoms with E-state index in [0.717, 1.165) is 17.7 Å². The van der Waals surface area contributed by atoms with Gasteiger partial charge in [-0.25, -0.2) is 4.99 Å². The van der Waals surface area contributed by atoms with Gasteiger partial charge < -0.3 is 4.42 Å². The number of hydrogen-bond acceptors (Lipinski definition) is 6. The fourth-order valence-electron chi connectivity index (χ4n) is 3.26. The maximum Gasteiger partial charge on any atom is 0.270 e. The number of nitrogens with zero attached hydrogens (tertiary/aromatic N) is 3. The first-order chi connectivity index (χ1) is 15.9. The minimum atomic E-state index is -0.451. The van der Waals surface area contributed by atoms with E-state index >= 15 is 0 Å². The lowest BCUT2D eigenvalue weighted by atomic mass is 10.1. The highest BCUT2D eigenvalue weighted by atomic mass is 79.9. The van der Waals surface area contributed by atoms with Crippen LogP contribution < -0.4 is 0 Å². The number of hydrogen-bond donors (Lipinski definition) is 0. The zero-order chi connectivity index (χ0) is 23.5. The molecule has 0 bridgehead atoms. The zero-order valence-electron chi connectivity index (χ0n) is 17.9. The van der Waals surface area contributed by atoms with Gasteiger partial charge in [-0.15, -0.1) is 0 Å². The Morgan fingerprint density at radius 1 is 1.18 bits per heavy atom. The SMILES string of the molecule is CCCN1C(=O)/C(=C\c2ccc(-c3ccc([N+](=O)[O-])cc3Br)o2)SC1=Nc1ccc(C)cc1. The number of benzene rings is 2. The first kappa shape index (κ1) is 23.0. The molecule has 1 aliphatic rings. The smallest absolute Gasteiger partial charge is 0.270 e. The van der Waals surface area contributed by atoms with Crippen molar-refractivity contribution in [3.63, 3.8) is 0 Å². The Hall–Kier alpha value is -3.17. The number of carbonyl (C=O) groups excluding carboxylic acids is 1. The lowest BCUT2D eigenvalue weighted by Gasteiger charge is -2.13. The first-order valence-corrected chi connectivity index (χ1v) is 11.9. The molecule has 1 saturated heterocycles. The normalized spacial score (nSPS) is 16.2. The molecular weight excluding hydrogens is 506 g/mol. The summed E-state index contributed by atoms with van der Waals surface area (Å²) in [6.07, 6.45) is 2.52. The fourth-order valence-corrected chi connectivity index (χ4v) is 4.83. The zero-order valence-corrected chi connectivity index (χ0v) is 20.4. The lowest BCUT2D eigenvalue weighted by Crippen LogP contribution is -2.29. The van der Waals surface area contributed by atoms with Crippen LogP contribution in [0.2, 0.25) is 0 Å². The molecule has 4 rings (SSSR count). The van der Waals surface area contributed by atoms with Crippen molar-refractivity contribution >= 4 is 56.2 Å². The van der Waals surface area contributed by atoms with Gasteiger partial charge in [0.15, 0.2) is 5.17 Å². The van der Waals surface area contributed by atoms with E-state index in [0.29, 0.717) is 38.2 Å². The number of nitro benzene ring substituents is 1. The molecule has 168 valence electrons. The van der Waals surface area contributed by atoms with Gasteiger partial charge in [0.2, 0.25) is 0 Å². The van der Waals surface area contributed by atoms with Crippen molar-refractivity contribution < 1.29 is 14.1 Å². The second-order valence-electron chi connectivity index (χ2n) is 7.42. The highest BCUT2D eigenvalue weighted by molar-refractivity contribution is 9.10. The molecule has 1 amide bonds. The van der Waals surface area contributed by atoms with Gasteiger partial charge in [0.05, 0.1) is 15.5 Å². The molecule has 2 aromatic carbocycles. The summed E-state index contributed by atoms with van der Waals surface area (Å²) in [7, 11) is 0. The number of thioether (sulfide) groups is 1. The Morgan fingerprint density at radius 3 is 2.61 bits per heavy atom. The van der Waals surface area contributed by atoms with Crippen molar-refractivity contribution in [3.05, 3.63) is 85.4 Å². The average molecular weight is 526 g/mol. The number of aliphatic imine (C=N–C) groups is 1. The van der Waals surface area contributed by atoms with Crippen molar-refractivity contribution in [1.29, 1.82) is 0 Å². The van der Waals surface area contributed by atoms with Gasteiger partial charge in [-0.3, -0.25) is 19.8 Å². The van der Waals surface area contributed by atoms with Crippen LogP contribution in [-0.4, -0.2) is 27.4 Å². The van der Waals surface area contributed by atoms with Crippen molar-refractivity contribution in [2.75, 3.05) is 6.54 Å². The van der Waals surface area contributed by atoms with Gasteiger partial charge in [-0.2, -0.15) is 0 Å². The Bertz CT molecular complexity index is 1280. The predicted octanol–water partition coefficient (Wildman–Crippen LogP) is 6.94. The molecule has 33 heavy (non-hydrogen) atoms. The molecule has 0 radical (unpaired) electrons.